The zero-order valence-electron chi connectivity index (χ0n) is 13.4. The molecule has 22 heavy (non-hydrogen) atoms. The van der Waals surface area contributed by atoms with Gasteiger partial charge in [0.2, 0.25) is 5.91 Å². The molecular formula is C15H22N4O2S. The van der Waals surface area contributed by atoms with Gasteiger partial charge in [0, 0.05) is 30.4 Å². The molecule has 0 aromatic carbocycles. The summed E-state index contributed by atoms with van der Waals surface area (Å²) in [5.41, 5.74) is 0.919. The van der Waals surface area contributed by atoms with Crippen LogP contribution in [0.5, 0.6) is 0 Å². The van der Waals surface area contributed by atoms with Gasteiger partial charge in [-0.2, -0.15) is 0 Å². The molecule has 1 amide bonds. The van der Waals surface area contributed by atoms with Crippen molar-refractivity contribution < 1.29 is 4.79 Å². The molecule has 0 spiro atoms. The van der Waals surface area contributed by atoms with Crippen LogP contribution < -0.4 is 16.2 Å². The Labute approximate surface area is 133 Å². The predicted octanol–water partition coefficient (Wildman–Crippen LogP) is 1.19. The molecule has 2 aromatic rings. The summed E-state index contributed by atoms with van der Waals surface area (Å²) >= 11 is 1.53. The lowest BCUT2D eigenvalue weighted by atomic mass is 10.2. The van der Waals surface area contributed by atoms with Crippen molar-refractivity contribution in [1.29, 1.82) is 0 Å². The van der Waals surface area contributed by atoms with E-state index in [1.807, 2.05) is 27.8 Å². The van der Waals surface area contributed by atoms with Crippen molar-refractivity contribution in [3.8, 4) is 0 Å². The molecule has 7 heteroatoms. The lowest BCUT2D eigenvalue weighted by Crippen LogP contribution is -2.37. The fourth-order valence-corrected chi connectivity index (χ4v) is 3.10. The van der Waals surface area contributed by atoms with Crippen LogP contribution >= 0.6 is 11.3 Å². The van der Waals surface area contributed by atoms with E-state index in [2.05, 4.69) is 15.6 Å². The number of hydrogen-bond donors (Lipinski definition) is 2. The first-order valence-electron chi connectivity index (χ1n) is 7.33. The van der Waals surface area contributed by atoms with Gasteiger partial charge in [-0.25, -0.2) is 4.98 Å². The summed E-state index contributed by atoms with van der Waals surface area (Å²) in [5, 5.41) is 6.57. The van der Waals surface area contributed by atoms with Crippen molar-refractivity contribution in [2.75, 3.05) is 13.6 Å². The Balaban J connectivity index is 2.06. The maximum Gasteiger partial charge on any atom is 0.262 e. The van der Waals surface area contributed by atoms with Crippen molar-refractivity contribution in [3.05, 3.63) is 27.1 Å². The number of aryl methyl sites for hydroxylation is 3. The monoisotopic (exact) mass is 322 g/mol. The molecule has 2 N–H and O–H groups in total. The Morgan fingerprint density at radius 2 is 2.18 bits per heavy atom. The van der Waals surface area contributed by atoms with Crippen LogP contribution in [0, 0.1) is 13.8 Å². The van der Waals surface area contributed by atoms with Gasteiger partial charge >= 0.3 is 0 Å². The highest BCUT2D eigenvalue weighted by Gasteiger charge is 2.12. The molecule has 1 unspecified atom stereocenters. The van der Waals surface area contributed by atoms with Gasteiger partial charge in [0.15, 0.2) is 0 Å². The maximum atomic E-state index is 12.5. The van der Waals surface area contributed by atoms with Gasteiger partial charge < -0.3 is 10.6 Å². The highest BCUT2D eigenvalue weighted by Crippen LogP contribution is 2.25. The lowest BCUT2D eigenvalue weighted by molar-refractivity contribution is -0.121. The Morgan fingerprint density at radius 3 is 2.86 bits per heavy atom. The normalized spacial score (nSPS) is 12.5. The van der Waals surface area contributed by atoms with Crippen molar-refractivity contribution >= 4 is 27.5 Å². The summed E-state index contributed by atoms with van der Waals surface area (Å²) in [5.74, 6) is -0.0627. The first-order chi connectivity index (χ1) is 10.4. The van der Waals surface area contributed by atoms with Crippen LogP contribution in [0.4, 0.5) is 0 Å². The number of amides is 1. The number of aromatic nitrogens is 2. The summed E-state index contributed by atoms with van der Waals surface area (Å²) in [4.78, 5) is 30.5. The molecule has 0 saturated heterocycles. The van der Waals surface area contributed by atoms with Gasteiger partial charge in [0.25, 0.3) is 5.56 Å². The van der Waals surface area contributed by atoms with Gasteiger partial charge in [-0.3, -0.25) is 14.2 Å². The second-order valence-corrected chi connectivity index (χ2v) is 6.65. The largest absolute Gasteiger partial charge is 0.354 e. The first-order valence-corrected chi connectivity index (χ1v) is 8.14. The number of carbonyl (C=O) groups excluding carboxylic acids is 1. The average molecular weight is 322 g/mol. The number of fused-ring (bicyclic) bond motifs is 1. The standard InChI is InChI=1S/C15H22N4O2S/c1-9(16-4)7-17-12(20)5-6-19-8-18-14-13(15(19)21)10(2)11(3)22-14/h8-9,16H,5-7H2,1-4H3,(H,17,20). The molecule has 0 fully saturated rings. The molecule has 120 valence electrons. The lowest BCUT2D eigenvalue weighted by Gasteiger charge is -2.11. The van der Waals surface area contributed by atoms with Crippen LogP contribution in [0.25, 0.3) is 10.2 Å². The van der Waals surface area contributed by atoms with E-state index in [-0.39, 0.29) is 23.9 Å². The molecule has 0 aliphatic rings. The number of hydrogen-bond acceptors (Lipinski definition) is 5. The Bertz CT molecular complexity index is 735. The van der Waals surface area contributed by atoms with E-state index in [4.69, 9.17) is 0 Å². The SMILES string of the molecule is CNC(C)CNC(=O)CCn1cnc2sc(C)c(C)c2c1=O. The predicted molar refractivity (Wildman–Crippen MR) is 89.5 cm³/mol. The van der Waals surface area contributed by atoms with Crippen LogP contribution in [0.3, 0.4) is 0 Å². The molecule has 1 atom stereocenters. The molecule has 0 radical (unpaired) electrons. The minimum absolute atomic E-state index is 0.0627. The van der Waals surface area contributed by atoms with Crippen molar-refractivity contribution in [2.45, 2.75) is 39.8 Å². The zero-order chi connectivity index (χ0) is 16.3. The molecule has 6 nitrogen and oxygen atoms in total. The summed E-state index contributed by atoms with van der Waals surface area (Å²) in [6.45, 7) is 6.83. The van der Waals surface area contributed by atoms with E-state index in [1.54, 1.807) is 0 Å². The maximum absolute atomic E-state index is 12.5. The van der Waals surface area contributed by atoms with Gasteiger partial charge in [-0.05, 0) is 33.4 Å². The van der Waals surface area contributed by atoms with E-state index in [0.29, 0.717) is 18.5 Å². The Morgan fingerprint density at radius 1 is 1.45 bits per heavy atom. The molecule has 2 aromatic heterocycles. The van der Waals surface area contributed by atoms with Gasteiger partial charge in [0.05, 0.1) is 11.7 Å². The van der Waals surface area contributed by atoms with Crippen LogP contribution in [0.1, 0.15) is 23.8 Å². The van der Waals surface area contributed by atoms with E-state index < -0.39 is 0 Å². The van der Waals surface area contributed by atoms with Crippen LogP contribution in [0.15, 0.2) is 11.1 Å². The molecule has 0 saturated carbocycles. The third kappa shape index (κ3) is 3.53. The molecular weight excluding hydrogens is 300 g/mol. The minimum Gasteiger partial charge on any atom is -0.354 e. The quantitative estimate of drug-likeness (QED) is 0.837. The molecule has 0 aliphatic carbocycles. The Kier molecular flexibility index (Phi) is 5.31. The second-order valence-electron chi connectivity index (χ2n) is 5.45. The summed E-state index contributed by atoms with van der Waals surface area (Å²) in [6, 6.07) is 0.223. The summed E-state index contributed by atoms with van der Waals surface area (Å²) in [6.07, 6.45) is 1.80. The van der Waals surface area contributed by atoms with Gasteiger partial charge in [-0.15, -0.1) is 11.3 Å². The molecule has 0 bridgehead atoms. The molecule has 0 aliphatic heterocycles. The third-order valence-electron chi connectivity index (χ3n) is 3.83. The number of nitrogens with one attached hydrogen (secondary N) is 2. The fraction of sp³-hybridized carbons (Fsp3) is 0.533. The second kappa shape index (κ2) is 7.02. The first kappa shape index (κ1) is 16.6. The number of rotatable bonds is 6. The van der Waals surface area contributed by atoms with Crippen LogP contribution in [-0.2, 0) is 11.3 Å². The van der Waals surface area contributed by atoms with Crippen molar-refractivity contribution in [2.24, 2.45) is 0 Å². The van der Waals surface area contributed by atoms with Crippen molar-refractivity contribution in [1.82, 2.24) is 20.2 Å². The van der Waals surface area contributed by atoms with Crippen LogP contribution in [0.2, 0.25) is 0 Å². The average Bonchev–Trinajstić information content (AvgIpc) is 2.79. The topological polar surface area (TPSA) is 76.0 Å². The number of likely N-dealkylation sites (N-methyl/N-ethyl adjacent to an activating group) is 1. The van der Waals surface area contributed by atoms with E-state index >= 15 is 0 Å². The van der Waals surface area contributed by atoms with Crippen molar-refractivity contribution in [3.63, 3.8) is 0 Å². The fourth-order valence-electron chi connectivity index (χ4n) is 2.11. The summed E-state index contributed by atoms with van der Waals surface area (Å²) < 4.78 is 1.52. The summed E-state index contributed by atoms with van der Waals surface area (Å²) in [7, 11) is 1.85. The van der Waals surface area contributed by atoms with Gasteiger partial charge in [0.1, 0.15) is 4.83 Å². The van der Waals surface area contributed by atoms with E-state index in [9.17, 15) is 9.59 Å². The highest BCUT2D eigenvalue weighted by atomic mass is 32.1. The number of nitrogens with zero attached hydrogens (tertiary/aromatic N) is 2. The minimum atomic E-state index is -0.0664. The Hall–Kier alpha value is -1.73. The van der Waals surface area contributed by atoms with Gasteiger partial charge in [-0.1, -0.05) is 0 Å². The smallest absolute Gasteiger partial charge is 0.262 e. The van der Waals surface area contributed by atoms with E-state index in [0.717, 1.165) is 15.3 Å². The zero-order valence-corrected chi connectivity index (χ0v) is 14.2. The number of thiophene rings is 1. The highest BCUT2D eigenvalue weighted by molar-refractivity contribution is 7.18. The molecule has 2 rings (SSSR count). The molecule has 2 heterocycles. The van der Waals surface area contributed by atoms with Crippen LogP contribution in [-0.4, -0.2) is 35.1 Å². The third-order valence-corrected chi connectivity index (χ3v) is 4.95. The number of carbonyl (C=O) groups is 1. The van der Waals surface area contributed by atoms with E-state index in [1.165, 1.54) is 22.2 Å².